The molecule has 1 aliphatic carbocycles. The number of nitrogens with zero attached hydrogens (tertiary/aromatic N) is 2. The summed E-state index contributed by atoms with van der Waals surface area (Å²) in [5.74, 6) is 1.00. The molecule has 0 aromatic rings. The van der Waals surface area contributed by atoms with E-state index in [0.29, 0.717) is 12.0 Å². The molecule has 3 rings (SSSR count). The van der Waals surface area contributed by atoms with Crippen LogP contribution in [-0.2, 0) is 0 Å². The van der Waals surface area contributed by atoms with E-state index in [-0.39, 0.29) is 23.2 Å². The van der Waals surface area contributed by atoms with Gasteiger partial charge in [0.2, 0.25) is 0 Å². The molecule has 4 heteroatoms. The van der Waals surface area contributed by atoms with Gasteiger partial charge in [-0.25, -0.2) is 0 Å². The van der Waals surface area contributed by atoms with Crippen molar-refractivity contribution in [1.29, 1.82) is 10.7 Å². The minimum atomic E-state index is -0.0738. The van der Waals surface area contributed by atoms with E-state index in [1.165, 1.54) is 19.3 Å². The summed E-state index contributed by atoms with van der Waals surface area (Å²) in [6.45, 7) is 0. The highest BCUT2D eigenvalue weighted by atomic mass is 16.3. The van der Waals surface area contributed by atoms with Crippen molar-refractivity contribution in [2.24, 2.45) is 5.92 Å². The predicted molar refractivity (Wildman–Crippen MR) is 59.0 cm³/mol. The summed E-state index contributed by atoms with van der Waals surface area (Å²) in [5, 5.41) is 26.8. The fraction of sp³-hybridized carbons (Fsp3) is 0.667. The van der Waals surface area contributed by atoms with Crippen molar-refractivity contribution < 1.29 is 5.11 Å². The Bertz CT molecular complexity index is 420. The minimum Gasteiger partial charge on any atom is -0.509 e. The number of nitrogens with one attached hydrogen (secondary N) is 1. The molecule has 0 spiro atoms. The molecule has 0 unspecified atom stereocenters. The monoisotopic (exact) mass is 217 g/mol. The SMILES string of the molecule is N#CC1=C(O)[C@@H]2C[C@H]3CCCC[C@H]3N2C1=N. The molecule has 2 heterocycles. The second-order valence-corrected chi connectivity index (χ2v) is 4.99. The summed E-state index contributed by atoms with van der Waals surface area (Å²) in [5.41, 5.74) is 0.189. The second-order valence-electron chi connectivity index (χ2n) is 4.99. The quantitative estimate of drug-likeness (QED) is 0.651. The lowest BCUT2D eigenvalue weighted by molar-refractivity contribution is 0.233. The molecule has 2 aliphatic heterocycles. The number of nitriles is 1. The van der Waals surface area contributed by atoms with E-state index >= 15 is 0 Å². The van der Waals surface area contributed by atoms with Gasteiger partial charge in [-0.05, 0) is 25.2 Å². The van der Waals surface area contributed by atoms with Crippen LogP contribution in [0.15, 0.2) is 11.3 Å². The molecule has 16 heavy (non-hydrogen) atoms. The highest BCUT2D eigenvalue weighted by Gasteiger charge is 2.50. The Morgan fingerprint density at radius 3 is 2.88 bits per heavy atom. The van der Waals surface area contributed by atoms with Crippen molar-refractivity contribution in [3.8, 4) is 6.07 Å². The van der Waals surface area contributed by atoms with E-state index in [1.54, 1.807) is 0 Å². The van der Waals surface area contributed by atoms with Crippen molar-refractivity contribution in [2.75, 3.05) is 0 Å². The Morgan fingerprint density at radius 1 is 1.38 bits per heavy atom. The van der Waals surface area contributed by atoms with Gasteiger partial charge in [-0.1, -0.05) is 12.8 Å². The lowest BCUT2D eigenvalue weighted by Gasteiger charge is -2.32. The summed E-state index contributed by atoms with van der Waals surface area (Å²) >= 11 is 0. The third kappa shape index (κ3) is 1.06. The number of hydrogen-bond donors (Lipinski definition) is 2. The number of hydrogen-bond acceptors (Lipinski definition) is 3. The number of fused-ring (bicyclic) bond motifs is 3. The Morgan fingerprint density at radius 2 is 2.12 bits per heavy atom. The lowest BCUT2D eigenvalue weighted by Crippen LogP contribution is -2.39. The van der Waals surface area contributed by atoms with Crippen molar-refractivity contribution in [1.82, 2.24) is 4.90 Å². The summed E-state index contributed by atoms with van der Waals surface area (Å²) in [6.07, 6.45) is 5.71. The fourth-order valence-corrected chi connectivity index (χ4v) is 3.55. The van der Waals surface area contributed by atoms with Crippen LogP contribution in [0.3, 0.4) is 0 Å². The van der Waals surface area contributed by atoms with Crippen LogP contribution >= 0.6 is 0 Å². The van der Waals surface area contributed by atoms with Crippen LogP contribution in [0, 0.1) is 22.7 Å². The van der Waals surface area contributed by atoms with E-state index < -0.39 is 0 Å². The third-order valence-corrected chi connectivity index (χ3v) is 4.27. The first-order valence-corrected chi connectivity index (χ1v) is 5.94. The normalized spacial score (nSPS) is 37.3. The van der Waals surface area contributed by atoms with Crippen LogP contribution < -0.4 is 0 Å². The molecular weight excluding hydrogens is 202 g/mol. The molecule has 0 amide bonds. The largest absolute Gasteiger partial charge is 0.509 e. The summed E-state index contributed by atoms with van der Waals surface area (Å²) in [7, 11) is 0. The zero-order valence-corrected chi connectivity index (χ0v) is 9.11. The first-order valence-electron chi connectivity index (χ1n) is 5.94. The average molecular weight is 217 g/mol. The molecule has 2 fully saturated rings. The summed E-state index contributed by atoms with van der Waals surface area (Å²) in [4.78, 5) is 1.98. The van der Waals surface area contributed by atoms with Crippen LogP contribution in [-0.4, -0.2) is 27.9 Å². The standard InChI is InChI=1S/C12H15N3O/c13-6-8-11(16)10-5-7-3-1-2-4-9(7)15(10)12(8)14/h7,9-10,14,16H,1-5H2/t7-,9-,10+/m1/s1. The zero-order chi connectivity index (χ0) is 11.3. The van der Waals surface area contributed by atoms with Gasteiger partial charge < -0.3 is 10.0 Å². The maximum atomic E-state index is 9.95. The molecule has 2 N–H and O–H groups in total. The van der Waals surface area contributed by atoms with Crippen LogP contribution in [0.5, 0.6) is 0 Å². The van der Waals surface area contributed by atoms with Crippen LogP contribution in [0.1, 0.15) is 32.1 Å². The van der Waals surface area contributed by atoms with Crippen LogP contribution in [0.25, 0.3) is 0 Å². The highest BCUT2D eigenvalue weighted by molar-refractivity contribution is 6.03. The number of amidine groups is 1. The Hall–Kier alpha value is -1.50. The first kappa shape index (κ1) is 9.71. The molecule has 3 aliphatic rings. The van der Waals surface area contributed by atoms with Gasteiger partial charge in [0.1, 0.15) is 23.2 Å². The maximum absolute atomic E-state index is 9.95. The molecular formula is C12H15N3O. The fourth-order valence-electron chi connectivity index (χ4n) is 3.55. The van der Waals surface area contributed by atoms with Gasteiger partial charge in [0, 0.05) is 6.04 Å². The van der Waals surface area contributed by atoms with Gasteiger partial charge in [0.05, 0.1) is 6.04 Å². The molecule has 0 aromatic carbocycles. The first-order chi connectivity index (χ1) is 7.74. The molecule has 1 saturated heterocycles. The predicted octanol–water partition coefficient (Wildman–Crippen LogP) is 1.95. The molecule has 4 nitrogen and oxygen atoms in total. The molecule has 0 aromatic heterocycles. The highest BCUT2D eigenvalue weighted by Crippen LogP contribution is 2.45. The summed E-state index contributed by atoms with van der Waals surface area (Å²) in [6, 6.07) is 2.27. The van der Waals surface area contributed by atoms with Crippen molar-refractivity contribution in [3.63, 3.8) is 0 Å². The second kappa shape index (κ2) is 3.24. The van der Waals surface area contributed by atoms with E-state index in [1.807, 2.05) is 11.0 Å². The van der Waals surface area contributed by atoms with E-state index in [4.69, 9.17) is 10.7 Å². The molecule has 3 atom stereocenters. The van der Waals surface area contributed by atoms with Crippen LogP contribution in [0.2, 0.25) is 0 Å². The van der Waals surface area contributed by atoms with Gasteiger partial charge >= 0.3 is 0 Å². The molecule has 84 valence electrons. The van der Waals surface area contributed by atoms with Gasteiger partial charge in [-0.3, -0.25) is 5.41 Å². The maximum Gasteiger partial charge on any atom is 0.143 e. The topological polar surface area (TPSA) is 71.1 Å². The Kier molecular flexibility index (Phi) is 1.97. The van der Waals surface area contributed by atoms with E-state index in [2.05, 4.69) is 0 Å². The minimum absolute atomic E-state index is 0.0738. The van der Waals surface area contributed by atoms with Gasteiger partial charge in [0.15, 0.2) is 0 Å². The number of aliphatic hydroxyl groups is 1. The Balaban J connectivity index is 1.96. The average Bonchev–Trinajstić information content (AvgIpc) is 2.77. The van der Waals surface area contributed by atoms with Crippen molar-refractivity contribution in [2.45, 2.75) is 44.2 Å². The summed E-state index contributed by atoms with van der Waals surface area (Å²) < 4.78 is 0. The zero-order valence-electron chi connectivity index (χ0n) is 9.11. The van der Waals surface area contributed by atoms with E-state index in [0.717, 1.165) is 12.8 Å². The van der Waals surface area contributed by atoms with Gasteiger partial charge in [-0.2, -0.15) is 5.26 Å². The molecule has 1 saturated carbocycles. The molecule has 0 radical (unpaired) electrons. The van der Waals surface area contributed by atoms with Crippen molar-refractivity contribution in [3.05, 3.63) is 11.3 Å². The number of rotatable bonds is 0. The van der Waals surface area contributed by atoms with Crippen LogP contribution in [0.4, 0.5) is 0 Å². The Labute approximate surface area is 94.7 Å². The molecule has 0 bridgehead atoms. The smallest absolute Gasteiger partial charge is 0.143 e. The van der Waals surface area contributed by atoms with Gasteiger partial charge in [0.25, 0.3) is 0 Å². The lowest BCUT2D eigenvalue weighted by atomic mass is 9.84. The third-order valence-electron chi connectivity index (χ3n) is 4.27. The van der Waals surface area contributed by atoms with Gasteiger partial charge in [-0.15, -0.1) is 0 Å². The number of aliphatic hydroxyl groups excluding tert-OH is 1. The van der Waals surface area contributed by atoms with Crippen molar-refractivity contribution >= 4 is 5.84 Å². The van der Waals surface area contributed by atoms with E-state index in [9.17, 15) is 5.11 Å².